The number of rotatable bonds is 6. The van der Waals surface area contributed by atoms with Crippen molar-refractivity contribution in [1.29, 1.82) is 0 Å². The van der Waals surface area contributed by atoms with Gasteiger partial charge in [-0.3, -0.25) is 4.79 Å². The van der Waals surface area contributed by atoms with Crippen molar-refractivity contribution in [3.05, 3.63) is 40.0 Å². The Morgan fingerprint density at radius 1 is 1.35 bits per heavy atom. The highest BCUT2D eigenvalue weighted by atomic mass is 32.1. The lowest BCUT2D eigenvalue weighted by Crippen LogP contribution is -3.09. The Bertz CT molecular complexity index is 667. The molecule has 0 fully saturated rings. The minimum Gasteiger partial charge on any atom is -0.349 e. The van der Waals surface area contributed by atoms with E-state index in [-0.39, 0.29) is 17.8 Å². The average Bonchev–Trinajstić information content (AvgIpc) is 2.79. The molecule has 0 bridgehead atoms. The highest BCUT2D eigenvalue weighted by Gasteiger charge is 2.16. The fourth-order valence-electron chi connectivity index (χ4n) is 2.37. The molecule has 0 saturated heterocycles. The maximum absolute atomic E-state index is 13.0. The summed E-state index contributed by atoms with van der Waals surface area (Å²) >= 11 is 1.63. The fraction of sp³-hybridized carbons (Fsp3) is 0.412. The van der Waals surface area contributed by atoms with Gasteiger partial charge >= 0.3 is 0 Å². The van der Waals surface area contributed by atoms with Crippen molar-refractivity contribution < 1.29 is 14.1 Å². The van der Waals surface area contributed by atoms with E-state index in [2.05, 4.69) is 10.3 Å². The van der Waals surface area contributed by atoms with Crippen molar-refractivity contribution in [3.63, 3.8) is 0 Å². The second-order valence-electron chi connectivity index (χ2n) is 6.05. The van der Waals surface area contributed by atoms with E-state index in [1.807, 2.05) is 27.8 Å². The van der Waals surface area contributed by atoms with Gasteiger partial charge in [-0.05, 0) is 45.0 Å². The fourth-order valence-corrected chi connectivity index (χ4v) is 3.44. The van der Waals surface area contributed by atoms with Gasteiger partial charge in [0.15, 0.2) is 6.54 Å². The minimum absolute atomic E-state index is 0.0459. The van der Waals surface area contributed by atoms with Crippen molar-refractivity contribution in [2.24, 2.45) is 0 Å². The standard InChI is InChI=1S/C17H22FN3OS/c1-11(2)19-15(22)9-21(4)10-16-20-17(12(3)23-16)13-5-7-14(18)8-6-13/h5-8,11H,9-10H2,1-4H3,(H,19,22)/p+1. The number of hydrogen-bond acceptors (Lipinski definition) is 3. The molecule has 1 aromatic heterocycles. The molecular weight excluding hydrogens is 313 g/mol. The highest BCUT2D eigenvalue weighted by Crippen LogP contribution is 2.27. The van der Waals surface area contributed by atoms with E-state index in [1.54, 1.807) is 23.5 Å². The van der Waals surface area contributed by atoms with E-state index in [4.69, 9.17) is 0 Å². The molecule has 2 rings (SSSR count). The summed E-state index contributed by atoms with van der Waals surface area (Å²) in [6.45, 7) is 7.03. The van der Waals surface area contributed by atoms with Gasteiger partial charge in [0.1, 0.15) is 17.4 Å². The summed E-state index contributed by atoms with van der Waals surface area (Å²) in [5, 5.41) is 3.88. The third kappa shape index (κ3) is 5.11. The van der Waals surface area contributed by atoms with Crippen molar-refractivity contribution in [3.8, 4) is 11.3 Å². The molecule has 1 amide bonds. The molecule has 0 aliphatic carbocycles. The number of amides is 1. The van der Waals surface area contributed by atoms with Gasteiger partial charge in [-0.2, -0.15) is 0 Å². The zero-order valence-corrected chi connectivity index (χ0v) is 14.8. The van der Waals surface area contributed by atoms with Crippen LogP contribution in [0.5, 0.6) is 0 Å². The molecular formula is C17H23FN3OS+. The Balaban J connectivity index is 2.03. The summed E-state index contributed by atoms with van der Waals surface area (Å²) in [6, 6.07) is 6.53. The number of thiazole rings is 1. The largest absolute Gasteiger partial charge is 0.349 e. The Kier molecular flexibility index (Phi) is 5.85. The number of quaternary nitrogens is 1. The first-order chi connectivity index (χ1) is 10.8. The number of benzene rings is 1. The number of nitrogens with one attached hydrogen (secondary N) is 2. The maximum Gasteiger partial charge on any atom is 0.275 e. The van der Waals surface area contributed by atoms with Gasteiger partial charge in [0.05, 0.1) is 12.7 Å². The van der Waals surface area contributed by atoms with Crippen molar-refractivity contribution in [2.45, 2.75) is 33.4 Å². The monoisotopic (exact) mass is 336 g/mol. The maximum atomic E-state index is 13.0. The number of nitrogens with zero attached hydrogens (tertiary/aromatic N) is 1. The molecule has 2 aromatic rings. The van der Waals surface area contributed by atoms with Gasteiger partial charge in [-0.25, -0.2) is 9.37 Å². The third-order valence-corrected chi connectivity index (χ3v) is 4.29. The molecule has 2 N–H and O–H groups in total. The van der Waals surface area contributed by atoms with Crippen LogP contribution in [0.4, 0.5) is 4.39 Å². The number of aromatic nitrogens is 1. The topological polar surface area (TPSA) is 46.4 Å². The summed E-state index contributed by atoms with van der Waals surface area (Å²) in [5.41, 5.74) is 1.81. The van der Waals surface area contributed by atoms with Crippen LogP contribution in [0.1, 0.15) is 23.7 Å². The molecule has 1 aromatic carbocycles. The Labute approximate surface area is 140 Å². The first kappa shape index (κ1) is 17.6. The first-order valence-corrected chi connectivity index (χ1v) is 8.49. The summed E-state index contributed by atoms with van der Waals surface area (Å²) in [6.07, 6.45) is 0. The lowest BCUT2D eigenvalue weighted by atomic mass is 10.1. The van der Waals surface area contributed by atoms with Crippen LogP contribution >= 0.6 is 11.3 Å². The van der Waals surface area contributed by atoms with E-state index in [1.165, 1.54) is 12.1 Å². The number of likely N-dealkylation sites (N-methyl/N-ethyl adjacent to an activating group) is 1. The number of hydrogen-bond donors (Lipinski definition) is 2. The predicted molar refractivity (Wildman–Crippen MR) is 91.0 cm³/mol. The number of halogens is 1. The SMILES string of the molecule is Cc1sc(C[NH+](C)CC(=O)NC(C)C)nc1-c1ccc(F)cc1. The van der Waals surface area contributed by atoms with Crippen LogP contribution in [0.15, 0.2) is 24.3 Å². The number of carbonyl (C=O) groups excluding carboxylic acids is 1. The molecule has 0 saturated carbocycles. The summed E-state index contributed by atoms with van der Waals surface area (Å²) in [7, 11) is 1.98. The molecule has 4 nitrogen and oxygen atoms in total. The zero-order valence-electron chi connectivity index (χ0n) is 13.9. The molecule has 1 heterocycles. The number of aryl methyl sites for hydroxylation is 1. The lowest BCUT2D eigenvalue weighted by Gasteiger charge is -2.13. The summed E-state index contributed by atoms with van der Waals surface area (Å²) in [4.78, 5) is 18.6. The molecule has 0 radical (unpaired) electrons. The van der Waals surface area contributed by atoms with E-state index in [0.29, 0.717) is 13.1 Å². The lowest BCUT2D eigenvalue weighted by molar-refractivity contribution is -0.885. The molecule has 124 valence electrons. The van der Waals surface area contributed by atoms with Crippen LogP contribution in [0.3, 0.4) is 0 Å². The second-order valence-corrected chi connectivity index (χ2v) is 7.34. The normalized spacial score (nSPS) is 12.4. The van der Waals surface area contributed by atoms with E-state index < -0.39 is 0 Å². The smallest absolute Gasteiger partial charge is 0.275 e. The Morgan fingerprint density at radius 3 is 2.61 bits per heavy atom. The van der Waals surface area contributed by atoms with Gasteiger partial charge < -0.3 is 10.2 Å². The average molecular weight is 336 g/mol. The minimum atomic E-state index is -0.248. The first-order valence-electron chi connectivity index (χ1n) is 7.68. The van der Waals surface area contributed by atoms with Crippen molar-refractivity contribution in [2.75, 3.05) is 13.6 Å². The van der Waals surface area contributed by atoms with E-state index in [9.17, 15) is 9.18 Å². The van der Waals surface area contributed by atoms with Crippen LogP contribution in [0.2, 0.25) is 0 Å². The molecule has 1 unspecified atom stereocenters. The highest BCUT2D eigenvalue weighted by molar-refractivity contribution is 7.12. The van der Waals surface area contributed by atoms with Crippen molar-refractivity contribution in [1.82, 2.24) is 10.3 Å². The predicted octanol–water partition coefficient (Wildman–Crippen LogP) is 1.80. The van der Waals surface area contributed by atoms with Crippen LogP contribution < -0.4 is 10.2 Å². The van der Waals surface area contributed by atoms with Crippen LogP contribution in [0, 0.1) is 12.7 Å². The van der Waals surface area contributed by atoms with E-state index >= 15 is 0 Å². The van der Waals surface area contributed by atoms with Gasteiger partial charge in [0.2, 0.25) is 0 Å². The van der Waals surface area contributed by atoms with E-state index in [0.717, 1.165) is 26.0 Å². The summed E-state index contributed by atoms with van der Waals surface area (Å²) in [5.74, 6) is -0.202. The molecule has 23 heavy (non-hydrogen) atoms. The quantitative estimate of drug-likeness (QED) is 0.845. The molecule has 0 spiro atoms. The molecule has 6 heteroatoms. The summed E-state index contributed by atoms with van der Waals surface area (Å²) < 4.78 is 13.0. The van der Waals surface area contributed by atoms with Crippen LogP contribution in [0.25, 0.3) is 11.3 Å². The van der Waals surface area contributed by atoms with Gasteiger partial charge in [-0.15, -0.1) is 11.3 Å². The van der Waals surface area contributed by atoms with Gasteiger partial charge in [-0.1, -0.05) is 0 Å². The molecule has 1 atom stereocenters. The Morgan fingerprint density at radius 2 is 2.00 bits per heavy atom. The zero-order chi connectivity index (χ0) is 17.0. The van der Waals surface area contributed by atoms with Gasteiger partial charge in [0, 0.05) is 16.5 Å². The van der Waals surface area contributed by atoms with Crippen LogP contribution in [-0.2, 0) is 11.3 Å². The number of carbonyl (C=O) groups is 1. The van der Waals surface area contributed by atoms with Crippen molar-refractivity contribution >= 4 is 17.2 Å². The molecule has 0 aliphatic heterocycles. The Hall–Kier alpha value is -1.79. The third-order valence-electron chi connectivity index (χ3n) is 3.32. The second kappa shape index (κ2) is 7.66. The van der Waals surface area contributed by atoms with Gasteiger partial charge in [0.25, 0.3) is 5.91 Å². The molecule has 0 aliphatic rings. The van der Waals surface area contributed by atoms with Crippen LogP contribution in [-0.4, -0.2) is 30.5 Å².